The molecule has 0 spiro atoms. The molecule has 3 aromatic rings. The molecule has 3 rings (SSSR count). The van der Waals surface area contributed by atoms with E-state index in [1.54, 1.807) is 12.3 Å². The van der Waals surface area contributed by atoms with Crippen molar-refractivity contribution in [2.75, 3.05) is 0 Å². The minimum Gasteiger partial charge on any atom is -0.256 e. The fraction of sp³-hybridized carbons (Fsp3) is 0.150. The molecule has 0 saturated heterocycles. The van der Waals surface area contributed by atoms with E-state index in [9.17, 15) is 0 Å². The van der Waals surface area contributed by atoms with Gasteiger partial charge in [0.05, 0.1) is 5.69 Å². The Labute approximate surface area is 130 Å². The fourth-order valence-corrected chi connectivity index (χ4v) is 2.76. The summed E-state index contributed by atoms with van der Waals surface area (Å²) < 4.78 is 23.8. The van der Waals surface area contributed by atoms with Crippen LogP contribution in [-0.2, 0) is 0 Å². The van der Waals surface area contributed by atoms with Crippen LogP contribution in [0.1, 0.15) is 20.8 Å². The second kappa shape index (κ2) is 5.53. The van der Waals surface area contributed by atoms with Crippen molar-refractivity contribution in [2.24, 2.45) is 0 Å². The Balaban J connectivity index is 2.33. The van der Waals surface area contributed by atoms with Gasteiger partial charge in [-0.2, -0.15) is 0 Å². The second-order valence-corrected chi connectivity index (χ2v) is 5.27. The largest absolute Gasteiger partial charge is 0.256 e. The first kappa shape index (κ1) is 10.3. The lowest BCUT2D eigenvalue weighted by Gasteiger charge is -2.15. The molecule has 0 bridgehead atoms. The van der Waals surface area contributed by atoms with Crippen LogP contribution < -0.4 is 0 Å². The van der Waals surface area contributed by atoms with Gasteiger partial charge >= 0.3 is 0 Å². The van der Waals surface area contributed by atoms with Gasteiger partial charge in [-0.3, -0.25) is 4.98 Å². The van der Waals surface area contributed by atoms with Crippen molar-refractivity contribution in [3.63, 3.8) is 0 Å². The summed E-state index contributed by atoms with van der Waals surface area (Å²) in [5.74, 6) is 0. The minimum atomic E-state index is -2.17. The minimum absolute atomic E-state index is 0.380. The number of aryl methyl sites for hydroxylation is 3. The average molecular weight is 276 g/mol. The third kappa shape index (κ3) is 2.59. The summed E-state index contributed by atoms with van der Waals surface area (Å²) in [5.41, 5.74) is 5.67. The first-order chi connectivity index (χ1) is 11.4. The van der Waals surface area contributed by atoms with E-state index >= 15 is 0 Å². The molecule has 0 atom stereocenters. The number of aromatic nitrogens is 1. The molecule has 0 aliphatic rings. The van der Waals surface area contributed by atoms with E-state index in [4.69, 9.17) is 4.11 Å². The maximum absolute atomic E-state index is 7.94. The van der Waals surface area contributed by atoms with E-state index in [-0.39, 0.29) is 0 Å². The standard InChI is InChI=1S/C20H19N/c1-14-12-15(2)19(16(3)13-14)18-10-7-11-21-20(18)17-8-5-4-6-9-17/h4-13H,1-3H3/i2D3. The zero-order valence-electron chi connectivity index (χ0n) is 15.2. The SMILES string of the molecule is [2H]C([2H])([2H])c1cc(C)cc(C)c1-c1cccnc1-c1ccccc1. The Bertz CT molecular complexity index is 868. The van der Waals surface area contributed by atoms with Crippen LogP contribution in [0.2, 0.25) is 0 Å². The summed E-state index contributed by atoms with van der Waals surface area (Å²) in [5, 5.41) is 0. The van der Waals surface area contributed by atoms with E-state index in [0.29, 0.717) is 5.56 Å². The van der Waals surface area contributed by atoms with Crippen LogP contribution in [0, 0.1) is 20.7 Å². The molecular formula is C20H19N. The van der Waals surface area contributed by atoms with E-state index in [2.05, 4.69) is 4.98 Å². The molecule has 0 aliphatic heterocycles. The molecule has 1 aromatic heterocycles. The summed E-state index contributed by atoms with van der Waals surface area (Å²) in [4.78, 5) is 4.53. The van der Waals surface area contributed by atoms with Gasteiger partial charge in [0.25, 0.3) is 0 Å². The molecular weight excluding hydrogens is 254 g/mol. The van der Waals surface area contributed by atoms with Crippen LogP contribution in [0.3, 0.4) is 0 Å². The van der Waals surface area contributed by atoms with Crippen molar-refractivity contribution in [3.8, 4) is 22.4 Å². The molecule has 1 nitrogen and oxygen atoms in total. The molecule has 0 N–H and O–H groups in total. The maximum Gasteiger partial charge on any atom is 0.0780 e. The van der Waals surface area contributed by atoms with Crippen molar-refractivity contribution in [1.29, 1.82) is 0 Å². The number of hydrogen-bond donors (Lipinski definition) is 0. The normalized spacial score (nSPS) is 13.3. The Morgan fingerprint density at radius 3 is 2.43 bits per heavy atom. The second-order valence-electron chi connectivity index (χ2n) is 5.27. The lowest BCUT2D eigenvalue weighted by atomic mass is 9.91. The zero-order valence-corrected chi connectivity index (χ0v) is 12.2. The van der Waals surface area contributed by atoms with Crippen molar-refractivity contribution >= 4 is 0 Å². The lowest BCUT2D eigenvalue weighted by Crippen LogP contribution is -1.94. The number of pyridine rings is 1. The Kier molecular flexibility index (Phi) is 2.72. The first-order valence-corrected chi connectivity index (χ1v) is 7.00. The van der Waals surface area contributed by atoms with Crippen molar-refractivity contribution in [2.45, 2.75) is 20.7 Å². The van der Waals surface area contributed by atoms with Crippen molar-refractivity contribution in [3.05, 3.63) is 77.5 Å². The molecule has 0 unspecified atom stereocenters. The Morgan fingerprint density at radius 1 is 0.905 bits per heavy atom. The number of benzene rings is 2. The number of rotatable bonds is 2. The molecule has 104 valence electrons. The summed E-state index contributed by atoms with van der Waals surface area (Å²) in [6.45, 7) is 1.71. The molecule has 1 heteroatoms. The smallest absolute Gasteiger partial charge is 0.0780 e. The highest BCUT2D eigenvalue weighted by Crippen LogP contribution is 2.34. The van der Waals surface area contributed by atoms with Gasteiger partial charge < -0.3 is 0 Å². The third-order valence-corrected chi connectivity index (χ3v) is 3.60. The molecule has 0 saturated carbocycles. The molecule has 0 aliphatic carbocycles. The van der Waals surface area contributed by atoms with E-state index in [1.807, 2.05) is 62.4 Å². The van der Waals surface area contributed by atoms with Gasteiger partial charge in [0, 0.05) is 21.4 Å². The Hall–Kier alpha value is -2.41. The maximum atomic E-state index is 7.94. The van der Waals surface area contributed by atoms with Crippen molar-refractivity contribution in [1.82, 2.24) is 4.98 Å². The summed E-state index contributed by atoms with van der Waals surface area (Å²) >= 11 is 0. The molecule has 0 amide bonds. The van der Waals surface area contributed by atoms with Crippen LogP contribution in [0.4, 0.5) is 0 Å². The zero-order chi connectivity index (χ0) is 17.3. The number of hydrogen-bond acceptors (Lipinski definition) is 1. The average Bonchev–Trinajstić information content (AvgIpc) is 2.54. The molecule has 0 radical (unpaired) electrons. The summed E-state index contributed by atoms with van der Waals surface area (Å²) in [7, 11) is 0. The van der Waals surface area contributed by atoms with Gasteiger partial charge in [0.2, 0.25) is 0 Å². The highest BCUT2D eigenvalue weighted by molar-refractivity contribution is 5.83. The molecule has 21 heavy (non-hydrogen) atoms. The first-order valence-electron chi connectivity index (χ1n) is 8.50. The molecule has 0 fully saturated rings. The highest BCUT2D eigenvalue weighted by Gasteiger charge is 2.12. The van der Waals surface area contributed by atoms with Gasteiger partial charge in [-0.25, -0.2) is 0 Å². The molecule has 2 aromatic carbocycles. The van der Waals surface area contributed by atoms with Gasteiger partial charge in [-0.1, -0.05) is 54.1 Å². The van der Waals surface area contributed by atoms with Crippen molar-refractivity contribution < 1.29 is 4.11 Å². The predicted octanol–water partition coefficient (Wildman–Crippen LogP) is 5.34. The third-order valence-electron chi connectivity index (χ3n) is 3.60. The topological polar surface area (TPSA) is 12.9 Å². The van der Waals surface area contributed by atoms with Crippen LogP contribution in [-0.4, -0.2) is 4.98 Å². The van der Waals surface area contributed by atoms with Crippen LogP contribution in [0.5, 0.6) is 0 Å². The van der Waals surface area contributed by atoms with Crippen LogP contribution in [0.15, 0.2) is 60.8 Å². The van der Waals surface area contributed by atoms with Crippen LogP contribution in [0.25, 0.3) is 22.4 Å². The van der Waals surface area contributed by atoms with Crippen LogP contribution >= 0.6 is 0 Å². The number of nitrogens with zero attached hydrogens (tertiary/aromatic N) is 1. The monoisotopic (exact) mass is 276 g/mol. The van der Waals surface area contributed by atoms with E-state index < -0.39 is 6.85 Å². The summed E-state index contributed by atoms with van der Waals surface area (Å²) in [6, 6.07) is 17.4. The predicted molar refractivity (Wildman–Crippen MR) is 89.3 cm³/mol. The lowest BCUT2D eigenvalue weighted by molar-refractivity contribution is 1.28. The van der Waals surface area contributed by atoms with Gasteiger partial charge in [0.1, 0.15) is 0 Å². The Morgan fingerprint density at radius 2 is 1.67 bits per heavy atom. The summed E-state index contributed by atoms with van der Waals surface area (Å²) in [6.07, 6.45) is 1.74. The van der Waals surface area contributed by atoms with Gasteiger partial charge in [-0.05, 0) is 43.5 Å². The van der Waals surface area contributed by atoms with Gasteiger partial charge in [0.15, 0.2) is 0 Å². The van der Waals surface area contributed by atoms with Gasteiger partial charge in [-0.15, -0.1) is 0 Å². The highest BCUT2D eigenvalue weighted by atomic mass is 14.7. The quantitative estimate of drug-likeness (QED) is 0.615. The van der Waals surface area contributed by atoms with E-state index in [1.165, 1.54) is 0 Å². The van der Waals surface area contributed by atoms with E-state index in [0.717, 1.165) is 33.5 Å². The fourth-order valence-electron chi connectivity index (χ4n) is 2.76. The molecule has 1 heterocycles.